The summed E-state index contributed by atoms with van der Waals surface area (Å²) in [6.45, 7) is 0.913. The van der Waals surface area contributed by atoms with Crippen molar-refractivity contribution < 1.29 is 28.2 Å². The maximum absolute atomic E-state index is 13.9. The molecule has 1 aromatic heterocycles. The number of halogens is 3. The van der Waals surface area contributed by atoms with Crippen molar-refractivity contribution in [2.45, 2.75) is 6.10 Å². The maximum Gasteiger partial charge on any atom is 0.265 e. The fraction of sp³-hybridized carbons (Fsp3) is 0.333. The third-order valence-corrected chi connectivity index (χ3v) is 5.53. The Hall–Kier alpha value is -2.13. The summed E-state index contributed by atoms with van der Waals surface area (Å²) in [6, 6.07) is 0.596. The Morgan fingerprint density at radius 1 is 1.25 bits per heavy atom. The largest absolute Gasteiger partial charge is 0.503 e. The predicted molar refractivity (Wildman–Crippen MR) is 78.0 cm³/mol. The lowest BCUT2D eigenvalue weighted by atomic mass is 10.2. The van der Waals surface area contributed by atoms with Crippen LogP contribution in [-0.4, -0.2) is 45.2 Å². The van der Waals surface area contributed by atoms with E-state index in [2.05, 4.69) is 4.98 Å². The van der Waals surface area contributed by atoms with Crippen molar-refractivity contribution in [2.75, 3.05) is 13.1 Å². The minimum absolute atomic E-state index is 0.0329. The Morgan fingerprint density at radius 2 is 1.92 bits per heavy atom. The Morgan fingerprint density at radius 3 is 2.58 bits per heavy atom. The van der Waals surface area contributed by atoms with Crippen LogP contribution in [0.25, 0.3) is 10.6 Å². The number of aliphatic hydroxyl groups is 1. The van der Waals surface area contributed by atoms with Crippen molar-refractivity contribution in [3.05, 3.63) is 34.6 Å². The third kappa shape index (κ3) is 2.19. The Labute approximate surface area is 138 Å². The minimum Gasteiger partial charge on any atom is -0.503 e. The van der Waals surface area contributed by atoms with Gasteiger partial charge in [-0.25, -0.2) is 13.8 Å². The first-order valence-electron chi connectivity index (χ1n) is 7.18. The molecule has 24 heavy (non-hydrogen) atoms. The molecule has 0 bridgehead atoms. The van der Waals surface area contributed by atoms with Gasteiger partial charge in [-0.15, -0.1) is 11.3 Å². The zero-order valence-electron chi connectivity index (χ0n) is 12.0. The van der Waals surface area contributed by atoms with E-state index in [1.165, 1.54) is 6.20 Å². The van der Waals surface area contributed by atoms with Crippen LogP contribution in [0.5, 0.6) is 5.75 Å². The van der Waals surface area contributed by atoms with Crippen LogP contribution in [0.2, 0.25) is 0 Å². The number of amides is 1. The highest BCUT2D eigenvalue weighted by atomic mass is 32.1. The van der Waals surface area contributed by atoms with Crippen molar-refractivity contribution in [3.8, 4) is 16.3 Å². The number of piperidine rings is 1. The number of likely N-dealkylation sites (tertiary alicyclic amines) is 1. The van der Waals surface area contributed by atoms with Gasteiger partial charge in [-0.1, -0.05) is 0 Å². The van der Waals surface area contributed by atoms with Gasteiger partial charge in [-0.3, -0.25) is 4.79 Å². The Balaban J connectivity index is 1.61. The number of phenols is 1. The summed E-state index contributed by atoms with van der Waals surface area (Å²) in [5.41, 5.74) is -0.407. The van der Waals surface area contributed by atoms with E-state index < -0.39 is 28.8 Å². The summed E-state index contributed by atoms with van der Waals surface area (Å²) in [6.07, 6.45) is 0.894. The average Bonchev–Trinajstić information content (AvgIpc) is 3.01. The smallest absolute Gasteiger partial charge is 0.265 e. The first-order valence-corrected chi connectivity index (χ1v) is 8.00. The van der Waals surface area contributed by atoms with E-state index in [0.29, 0.717) is 19.2 Å². The van der Waals surface area contributed by atoms with E-state index in [1.807, 2.05) is 0 Å². The molecule has 1 aromatic carbocycles. The first kappa shape index (κ1) is 15.4. The Kier molecular flexibility index (Phi) is 3.33. The van der Waals surface area contributed by atoms with Crippen LogP contribution in [0.15, 0.2) is 12.3 Å². The maximum atomic E-state index is 13.9. The molecule has 1 aliphatic heterocycles. The summed E-state index contributed by atoms with van der Waals surface area (Å²) in [5.74, 6) is -5.89. The second kappa shape index (κ2) is 5.18. The monoisotopic (exact) mass is 356 g/mol. The number of thiazole rings is 1. The molecule has 9 heteroatoms. The molecule has 0 spiro atoms. The number of aromatic hydroxyl groups is 1. The highest BCUT2D eigenvalue weighted by Crippen LogP contribution is 2.46. The average molecular weight is 356 g/mol. The number of phenolic OH excluding ortho intramolecular Hbond substituents is 1. The molecule has 2 heterocycles. The zero-order chi connectivity index (χ0) is 17.2. The Bertz CT molecular complexity index is 845. The molecule has 2 N–H and O–H groups in total. The molecule has 2 fully saturated rings. The van der Waals surface area contributed by atoms with E-state index >= 15 is 0 Å². The molecule has 2 aromatic rings. The fourth-order valence-electron chi connectivity index (χ4n) is 3.06. The predicted octanol–water partition coefficient (Wildman–Crippen LogP) is 2.00. The molecular formula is C15H11F3N2O3S. The number of nitrogens with zero attached hydrogens (tertiary/aromatic N) is 2. The van der Waals surface area contributed by atoms with Crippen molar-refractivity contribution in [1.82, 2.24) is 9.88 Å². The van der Waals surface area contributed by atoms with E-state index in [0.717, 1.165) is 11.3 Å². The lowest BCUT2D eigenvalue weighted by Crippen LogP contribution is -2.31. The van der Waals surface area contributed by atoms with Crippen LogP contribution in [0.3, 0.4) is 0 Å². The number of hydrogen-bond acceptors (Lipinski definition) is 5. The molecule has 2 atom stereocenters. The van der Waals surface area contributed by atoms with Crippen molar-refractivity contribution >= 4 is 17.2 Å². The molecular weight excluding hydrogens is 345 g/mol. The number of aromatic nitrogens is 1. The number of carbonyl (C=O) groups is 1. The summed E-state index contributed by atoms with van der Waals surface area (Å²) >= 11 is 0.830. The van der Waals surface area contributed by atoms with Crippen molar-refractivity contribution in [2.24, 2.45) is 11.8 Å². The van der Waals surface area contributed by atoms with Gasteiger partial charge in [0.15, 0.2) is 17.4 Å². The summed E-state index contributed by atoms with van der Waals surface area (Å²) in [4.78, 5) is 18.1. The summed E-state index contributed by atoms with van der Waals surface area (Å²) in [5, 5.41) is 18.7. The molecule has 5 nitrogen and oxygen atoms in total. The van der Waals surface area contributed by atoms with Gasteiger partial charge in [0, 0.05) is 24.9 Å². The lowest BCUT2D eigenvalue weighted by Gasteiger charge is -2.17. The number of carbonyl (C=O) groups excluding carboxylic acids is 1. The number of aliphatic hydroxyl groups excluding tert-OH is 1. The third-order valence-electron chi connectivity index (χ3n) is 4.52. The SMILES string of the molecule is O=C(c1cnc(-c2cc(F)c(F)c(O)c2F)s1)N1CC2C(O)C2C1. The van der Waals surface area contributed by atoms with Gasteiger partial charge in [0.25, 0.3) is 5.91 Å². The highest BCUT2D eigenvalue weighted by molar-refractivity contribution is 7.16. The van der Waals surface area contributed by atoms with Gasteiger partial charge >= 0.3 is 0 Å². The molecule has 4 rings (SSSR count). The van der Waals surface area contributed by atoms with Gasteiger partial charge in [-0.05, 0) is 6.07 Å². The molecule has 0 radical (unpaired) electrons. The fourth-order valence-corrected chi connectivity index (χ4v) is 3.95. The number of rotatable bonds is 2. The van der Waals surface area contributed by atoms with Crippen molar-refractivity contribution in [3.63, 3.8) is 0 Å². The van der Waals surface area contributed by atoms with Crippen LogP contribution in [0.4, 0.5) is 13.2 Å². The number of benzene rings is 1. The van der Waals surface area contributed by atoms with Gasteiger partial charge in [0.2, 0.25) is 5.82 Å². The van der Waals surface area contributed by atoms with Crippen LogP contribution >= 0.6 is 11.3 Å². The van der Waals surface area contributed by atoms with E-state index in [4.69, 9.17) is 0 Å². The molecule has 1 saturated carbocycles. The van der Waals surface area contributed by atoms with Crippen LogP contribution in [0.1, 0.15) is 9.67 Å². The molecule has 1 saturated heterocycles. The lowest BCUT2D eigenvalue weighted by molar-refractivity contribution is 0.0751. The van der Waals surface area contributed by atoms with Gasteiger partial charge in [0.1, 0.15) is 9.88 Å². The second-order valence-corrected chi connectivity index (χ2v) is 6.97. The molecule has 2 aliphatic rings. The minimum atomic E-state index is -1.67. The zero-order valence-corrected chi connectivity index (χ0v) is 12.9. The number of hydrogen-bond donors (Lipinski definition) is 2. The summed E-state index contributed by atoms with van der Waals surface area (Å²) in [7, 11) is 0. The van der Waals surface area contributed by atoms with Gasteiger partial charge in [-0.2, -0.15) is 4.39 Å². The standard InChI is InChI=1S/C15H11F3N2O3S/c16-8-1-5(10(17)13(22)11(8)18)14-19-2-9(24-14)15(23)20-3-6-7(4-20)12(6)21/h1-2,6-7,12,21-22H,3-4H2. The number of fused-ring (bicyclic) bond motifs is 1. The first-order chi connectivity index (χ1) is 11.4. The van der Waals surface area contributed by atoms with E-state index in [1.54, 1.807) is 4.90 Å². The topological polar surface area (TPSA) is 73.7 Å². The van der Waals surface area contributed by atoms with Gasteiger partial charge in [0.05, 0.1) is 17.9 Å². The van der Waals surface area contributed by atoms with E-state index in [9.17, 15) is 28.2 Å². The normalized spacial score (nSPS) is 25.0. The van der Waals surface area contributed by atoms with Crippen LogP contribution in [-0.2, 0) is 0 Å². The van der Waals surface area contributed by atoms with Gasteiger partial charge < -0.3 is 15.1 Å². The molecule has 126 valence electrons. The van der Waals surface area contributed by atoms with E-state index in [-0.39, 0.29) is 33.7 Å². The molecule has 2 unspecified atom stereocenters. The van der Waals surface area contributed by atoms with Crippen LogP contribution < -0.4 is 0 Å². The highest BCUT2D eigenvalue weighted by Gasteiger charge is 2.56. The molecule has 1 amide bonds. The quantitative estimate of drug-likeness (QED) is 0.808. The second-order valence-electron chi connectivity index (χ2n) is 5.94. The summed E-state index contributed by atoms with van der Waals surface area (Å²) < 4.78 is 40.4. The molecule has 1 aliphatic carbocycles. The van der Waals surface area contributed by atoms with Crippen LogP contribution in [0, 0.1) is 29.3 Å². The van der Waals surface area contributed by atoms with Crippen molar-refractivity contribution in [1.29, 1.82) is 0 Å².